The fourth-order valence-electron chi connectivity index (χ4n) is 1.42. The first kappa shape index (κ1) is 11.3. The average Bonchev–Trinajstić information content (AvgIpc) is 2.59. The molecule has 1 aromatic carbocycles. The molecule has 84 valence electrons. The largest absolute Gasteiger partial charge is 0.237 e. The summed E-state index contributed by atoms with van der Waals surface area (Å²) in [5.74, 6) is -1.21. The predicted octanol–water partition coefficient (Wildman–Crippen LogP) is 3.35. The Kier molecular flexibility index (Phi) is 3.05. The third kappa shape index (κ3) is 2.00. The van der Waals surface area contributed by atoms with Crippen LogP contribution in [0.15, 0.2) is 24.4 Å². The van der Waals surface area contributed by atoms with Gasteiger partial charge < -0.3 is 0 Å². The van der Waals surface area contributed by atoms with Crippen LogP contribution in [0.4, 0.5) is 8.78 Å². The van der Waals surface area contributed by atoms with Crippen molar-refractivity contribution < 1.29 is 8.78 Å². The summed E-state index contributed by atoms with van der Waals surface area (Å²) in [6.45, 7) is 1.84. The number of hydrogen-bond donors (Lipinski definition) is 0. The first-order valence-corrected chi connectivity index (χ1v) is 5.80. The Bertz CT molecular complexity index is 523. The van der Waals surface area contributed by atoms with E-state index < -0.39 is 11.6 Å². The SMILES string of the molecule is Cc1nn(-c2ccc(F)cc2F)cc1CBr. The van der Waals surface area contributed by atoms with E-state index in [1.807, 2.05) is 6.92 Å². The molecular weight excluding hydrogens is 278 g/mol. The molecule has 0 aliphatic carbocycles. The second-order valence-electron chi connectivity index (χ2n) is 3.41. The van der Waals surface area contributed by atoms with Crippen LogP contribution < -0.4 is 0 Å². The highest BCUT2D eigenvalue weighted by Crippen LogP contribution is 2.17. The van der Waals surface area contributed by atoms with Crippen molar-refractivity contribution in [2.75, 3.05) is 0 Å². The third-order valence-corrected chi connectivity index (χ3v) is 2.91. The monoisotopic (exact) mass is 286 g/mol. The van der Waals surface area contributed by atoms with Gasteiger partial charge in [0, 0.05) is 23.2 Å². The Hall–Kier alpha value is -1.23. The van der Waals surface area contributed by atoms with Crippen LogP contribution in [0.25, 0.3) is 5.69 Å². The third-order valence-electron chi connectivity index (χ3n) is 2.30. The molecule has 0 N–H and O–H groups in total. The van der Waals surface area contributed by atoms with Crippen molar-refractivity contribution in [3.63, 3.8) is 0 Å². The van der Waals surface area contributed by atoms with E-state index in [1.165, 1.54) is 16.8 Å². The van der Waals surface area contributed by atoms with Crippen LogP contribution in [-0.2, 0) is 5.33 Å². The summed E-state index contributed by atoms with van der Waals surface area (Å²) in [4.78, 5) is 0. The van der Waals surface area contributed by atoms with Gasteiger partial charge in [0.25, 0.3) is 0 Å². The van der Waals surface area contributed by atoms with E-state index in [4.69, 9.17) is 0 Å². The molecule has 5 heteroatoms. The molecule has 1 heterocycles. The smallest absolute Gasteiger partial charge is 0.151 e. The topological polar surface area (TPSA) is 17.8 Å². The Morgan fingerprint density at radius 1 is 1.38 bits per heavy atom. The van der Waals surface area contributed by atoms with Gasteiger partial charge in [-0.3, -0.25) is 0 Å². The van der Waals surface area contributed by atoms with Gasteiger partial charge in [0.1, 0.15) is 11.5 Å². The number of rotatable bonds is 2. The number of hydrogen-bond acceptors (Lipinski definition) is 1. The van der Waals surface area contributed by atoms with Crippen molar-refractivity contribution in [2.24, 2.45) is 0 Å². The molecule has 0 aliphatic rings. The zero-order chi connectivity index (χ0) is 11.7. The fourth-order valence-corrected chi connectivity index (χ4v) is 1.97. The Balaban J connectivity index is 2.50. The van der Waals surface area contributed by atoms with Crippen molar-refractivity contribution in [1.29, 1.82) is 0 Å². The van der Waals surface area contributed by atoms with Crippen molar-refractivity contribution in [3.8, 4) is 5.69 Å². The number of halogens is 3. The Labute approximate surface area is 100 Å². The number of aromatic nitrogens is 2. The minimum Gasteiger partial charge on any atom is -0.237 e. The van der Waals surface area contributed by atoms with Gasteiger partial charge in [-0.15, -0.1) is 0 Å². The van der Waals surface area contributed by atoms with Crippen LogP contribution >= 0.6 is 15.9 Å². The lowest BCUT2D eigenvalue weighted by atomic mass is 10.3. The molecule has 0 atom stereocenters. The van der Waals surface area contributed by atoms with E-state index in [2.05, 4.69) is 21.0 Å². The predicted molar refractivity (Wildman–Crippen MR) is 60.8 cm³/mol. The molecule has 0 fully saturated rings. The summed E-state index contributed by atoms with van der Waals surface area (Å²) >= 11 is 3.32. The molecule has 0 amide bonds. The normalized spacial score (nSPS) is 10.8. The molecule has 0 saturated heterocycles. The Morgan fingerprint density at radius 3 is 2.69 bits per heavy atom. The summed E-state index contributed by atoms with van der Waals surface area (Å²) in [7, 11) is 0. The van der Waals surface area contributed by atoms with Crippen molar-refractivity contribution in [1.82, 2.24) is 9.78 Å². The van der Waals surface area contributed by atoms with E-state index in [1.54, 1.807) is 6.20 Å². The molecule has 0 saturated carbocycles. The molecule has 2 nitrogen and oxygen atoms in total. The molecule has 16 heavy (non-hydrogen) atoms. The zero-order valence-corrected chi connectivity index (χ0v) is 10.1. The highest BCUT2D eigenvalue weighted by atomic mass is 79.9. The molecule has 0 unspecified atom stereocenters. The summed E-state index contributed by atoms with van der Waals surface area (Å²) in [6, 6.07) is 3.43. The summed E-state index contributed by atoms with van der Waals surface area (Å²) in [6.07, 6.45) is 1.72. The maximum absolute atomic E-state index is 13.5. The van der Waals surface area contributed by atoms with Gasteiger partial charge in [-0.1, -0.05) is 15.9 Å². The molecule has 2 aromatic rings. The number of aryl methyl sites for hydroxylation is 1. The minimum atomic E-state index is -0.622. The van der Waals surface area contributed by atoms with Gasteiger partial charge in [0.2, 0.25) is 0 Å². The van der Waals surface area contributed by atoms with Crippen LogP contribution in [0.3, 0.4) is 0 Å². The van der Waals surface area contributed by atoms with Gasteiger partial charge in [-0.2, -0.15) is 5.10 Å². The number of nitrogens with zero attached hydrogens (tertiary/aromatic N) is 2. The Morgan fingerprint density at radius 2 is 2.12 bits per heavy atom. The highest BCUT2D eigenvalue weighted by Gasteiger charge is 2.09. The van der Waals surface area contributed by atoms with Crippen LogP contribution in [0.5, 0.6) is 0 Å². The first-order valence-electron chi connectivity index (χ1n) is 4.68. The molecule has 0 bridgehead atoms. The second kappa shape index (κ2) is 4.33. The molecule has 0 radical (unpaired) electrons. The van der Waals surface area contributed by atoms with E-state index in [9.17, 15) is 8.78 Å². The van der Waals surface area contributed by atoms with Crippen LogP contribution in [0, 0.1) is 18.6 Å². The van der Waals surface area contributed by atoms with E-state index in [0.717, 1.165) is 17.3 Å². The van der Waals surface area contributed by atoms with E-state index in [0.29, 0.717) is 5.33 Å². The fraction of sp³-hybridized carbons (Fsp3) is 0.182. The quantitative estimate of drug-likeness (QED) is 0.774. The minimum absolute atomic E-state index is 0.247. The van der Waals surface area contributed by atoms with E-state index >= 15 is 0 Å². The molecule has 0 spiro atoms. The average molecular weight is 287 g/mol. The summed E-state index contributed by atoms with van der Waals surface area (Å²) in [5, 5.41) is 4.82. The van der Waals surface area contributed by atoms with Gasteiger partial charge in [-0.25, -0.2) is 13.5 Å². The van der Waals surface area contributed by atoms with Gasteiger partial charge in [0.15, 0.2) is 5.82 Å². The lowest BCUT2D eigenvalue weighted by Gasteiger charge is -2.02. The molecular formula is C11H9BrF2N2. The first-order chi connectivity index (χ1) is 7.61. The number of alkyl halides is 1. The zero-order valence-electron chi connectivity index (χ0n) is 8.54. The highest BCUT2D eigenvalue weighted by molar-refractivity contribution is 9.08. The van der Waals surface area contributed by atoms with Crippen LogP contribution in [0.2, 0.25) is 0 Å². The summed E-state index contributed by atoms with van der Waals surface area (Å²) < 4.78 is 27.6. The van der Waals surface area contributed by atoms with Gasteiger partial charge >= 0.3 is 0 Å². The van der Waals surface area contributed by atoms with Crippen molar-refractivity contribution in [2.45, 2.75) is 12.3 Å². The maximum Gasteiger partial charge on any atom is 0.151 e. The lowest BCUT2D eigenvalue weighted by Crippen LogP contribution is -1.98. The van der Waals surface area contributed by atoms with Gasteiger partial charge in [-0.05, 0) is 19.1 Å². The van der Waals surface area contributed by atoms with E-state index in [-0.39, 0.29) is 5.69 Å². The summed E-state index contributed by atoms with van der Waals surface area (Å²) in [5.41, 5.74) is 2.04. The second-order valence-corrected chi connectivity index (χ2v) is 3.97. The maximum atomic E-state index is 13.5. The van der Waals surface area contributed by atoms with Crippen molar-refractivity contribution >= 4 is 15.9 Å². The molecule has 2 rings (SSSR count). The number of benzene rings is 1. The van der Waals surface area contributed by atoms with Gasteiger partial charge in [0.05, 0.1) is 5.69 Å². The van der Waals surface area contributed by atoms with Crippen LogP contribution in [-0.4, -0.2) is 9.78 Å². The van der Waals surface area contributed by atoms with Crippen molar-refractivity contribution in [3.05, 3.63) is 47.3 Å². The lowest BCUT2D eigenvalue weighted by molar-refractivity contribution is 0.573. The standard InChI is InChI=1S/C11H9BrF2N2/c1-7-8(5-12)6-16(15-7)11-3-2-9(13)4-10(11)14/h2-4,6H,5H2,1H3. The van der Waals surface area contributed by atoms with Crippen LogP contribution in [0.1, 0.15) is 11.3 Å². The molecule has 1 aromatic heterocycles. The molecule has 0 aliphatic heterocycles.